The molecule has 11 heavy (non-hydrogen) atoms. The molecule has 6 heteroatoms. The molecule has 0 atom stereocenters. The molecule has 0 amide bonds. The van der Waals surface area contributed by atoms with Crippen LogP contribution in [-0.4, -0.2) is 19.6 Å². The fourth-order valence-corrected chi connectivity index (χ4v) is 1.34. The quantitative estimate of drug-likeness (QED) is 0.685. The van der Waals surface area contributed by atoms with Gasteiger partial charge in [-0.15, -0.1) is 10.2 Å². The first-order chi connectivity index (χ1) is 5.27. The highest BCUT2D eigenvalue weighted by Crippen LogP contribution is 2.08. The van der Waals surface area contributed by atoms with Crippen LogP contribution in [0.25, 0.3) is 5.65 Å². The van der Waals surface area contributed by atoms with Gasteiger partial charge in [-0.2, -0.15) is 0 Å². The lowest BCUT2D eigenvalue weighted by molar-refractivity contribution is 1.09. The molecular formula is C5H2ClIN4. The van der Waals surface area contributed by atoms with Crippen LogP contribution in [0.2, 0.25) is 5.28 Å². The van der Waals surface area contributed by atoms with E-state index in [-0.39, 0.29) is 0 Å². The Morgan fingerprint density at radius 2 is 2.27 bits per heavy atom. The molecule has 0 saturated heterocycles. The summed E-state index contributed by atoms with van der Waals surface area (Å²) in [5.41, 5.74) is 0.662. The molecule has 2 aromatic rings. The molecule has 4 nitrogen and oxygen atoms in total. The highest BCUT2D eigenvalue weighted by molar-refractivity contribution is 14.1. The molecule has 0 N–H and O–H groups in total. The van der Waals surface area contributed by atoms with Gasteiger partial charge in [0.15, 0.2) is 5.65 Å². The molecule has 2 rings (SSSR count). The van der Waals surface area contributed by atoms with Crippen molar-refractivity contribution in [2.24, 2.45) is 0 Å². The lowest BCUT2D eigenvalue weighted by Crippen LogP contribution is -1.88. The fourth-order valence-electron chi connectivity index (χ4n) is 0.750. The van der Waals surface area contributed by atoms with Crippen LogP contribution in [0.4, 0.5) is 0 Å². The normalized spacial score (nSPS) is 10.7. The van der Waals surface area contributed by atoms with E-state index in [1.165, 1.54) is 0 Å². The Balaban J connectivity index is 2.87. The van der Waals surface area contributed by atoms with Crippen molar-refractivity contribution >= 4 is 39.8 Å². The van der Waals surface area contributed by atoms with Crippen molar-refractivity contribution < 1.29 is 0 Å². The van der Waals surface area contributed by atoms with Crippen molar-refractivity contribution in [2.45, 2.75) is 0 Å². The Morgan fingerprint density at radius 3 is 3.09 bits per heavy atom. The van der Waals surface area contributed by atoms with E-state index in [1.807, 2.05) is 0 Å². The van der Waals surface area contributed by atoms with E-state index in [1.54, 1.807) is 16.8 Å². The minimum absolute atomic E-state index is 0.361. The number of nitrogens with zero attached hydrogens (tertiary/aromatic N) is 4. The average Bonchev–Trinajstić information content (AvgIpc) is 2.33. The molecule has 0 aromatic carbocycles. The summed E-state index contributed by atoms with van der Waals surface area (Å²) in [6, 6.07) is 0. The van der Waals surface area contributed by atoms with Gasteiger partial charge in [0.05, 0.1) is 6.20 Å². The number of hydrogen-bond acceptors (Lipinski definition) is 3. The van der Waals surface area contributed by atoms with Crippen molar-refractivity contribution in [3.05, 3.63) is 21.4 Å². The van der Waals surface area contributed by atoms with Gasteiger partial charge in [0.1, 0.15) is 3.70 Å². The van der Waals surface area contributed by atoms with E-state index in [0.717, 1.165) is 3.70 Å². The lowest BCUT2D eigenvalue weighted by Gasteiger charge is -1.91. The van der Waals surface area contributed by atoms with Crippen LogP contribution >= 0.6 is 34.2 Å². The Hall–Kier alpha value is -0.430. The smallest absolute Gasteiger partial charge is 0.229 e. The molecule has 0 saturated carbocycles. The van der Waals surface area contributed by atoms with Crippen molar-refractivity contribution in [1.82, 2.24) is 19.6 Å². The van der Waals surface area contributed by atoms with Crippen molar-refractivity contribution in [3.8, 4) is 0 Å². The third-order valence-electron chi connectivity index (χ3n) is 1.22. The Bertz CT molecular complexity index is 398. The van der Waals surface area contributed by atoms with Gasteiger partial charge in [0.25, 0.3) is 0 Å². The summed E-state index contributed by atoms with van der Waals surface area (Å²) in [5.74, 6) is 0. The van der Waals surface area contributed by atoms with E-state index in [2.05, 4.69) is 37.8 Å². The van der Waals surface area contributed by atoms with E-state index >= 15 is 0 Å². The Kier molecular flexibility index (Phi) is 1.68. The number of fused-ring (bicyclic) bond motifs is 1. The van der Waals surface area contributed by atoms with Crippen LogP contribution in [0.5, 0.6) is 0 Å². The number of halogens is 2. The number of hydrogen-bond donors (Lipinski definition) is 0. The minimum Gasteiger partial charge on any atom is -0.269 e. The molecule has 0 aliphatic carbocycles. The zero-order chi connectivity index (χ0) is 7.84. The van der Waals surface area contributed by atoms with Crippen molar-refractivity contribution in [2.75, 3.05) is 0 Å². The predicted octanol–water partition coefficient (Wildman–Crippen LogP) is 1.38. The molecular weight excluding hydrogens is 278 g/mol. The van der Waals surface area contributed by atoms with Crippen LogP contribution in [0.1, 0.15) is 0 Å². The molecule has 0 radical (unpaired) electrons. The highest BCUT2D eigenvalue weighted by Gasteiger charge is 2.01. The summed E-state index contributed by atoms with van der Waals surface area (Å²) >= 11 is 7.80. The van der Waals surface area contributed by atoms with Crippen LogP contribution in [0.15, 0.2) is 12.4 Å². The van der Waals surface area contributed by atoms with Gasteiger partial charge in [0.2, 0.25) is 5.28 Å². The second-order valence-electron chi connectivity index (χ2n) is 1.91. The molecule has 2 aromatic heterocycles. The van der Waals surface area contributed by atoms with Gasteiger partial charge in [-0.3, -0.25) is 4.40 Å². The molecule has 56 valence electrons. The number of rotatable bonds is 0. The predicted molar refractivity (Wildman–Crippen MR) is 48.5 cm³/mol. The topological polar surface area (TPSA) is 43.1 Å². The SMILES string of the molecule is Clc1nnc2cnc(I)cn12. The van der Waals surface area contributed by atoms with Crippen LogP contribution < -0.4 is 0 Å². The summed E-state index contributed by atoms with van der Waals surface area (Å²) in [6.07, 6.45) is 3.40. The second-order valence-corrected chi connectivity index (χ2v) is 3.35. The zero-order valence-electron chi connectivity index (χ0n) is 5.20. The lowest BCUT2D eigenvalue weighted by atomic mass is 10.7. The zero-order valence-corrected chi connectivity index (χ0v) is 8.11. The third kappa shape index (κ3) is 1.18. The molecule has 2 heterocycles. The summed E-state index contributed by atoms with van der Waals surface area (Å²) < 4.78 is 2.54. The van der Waals surface area contributed by atoms with E-state index in [9.17, 15) is 0 Å². The van der Waals surface area contributed by atoms with Gasteiger partial charge in [-0.05, 0) is 34.2 Å². The van der Waals surface area contributed by atoms with Gasteiger partial charge >= 0.3 is 0 Å². The maximum absolute atomic E-state index is 5.70. The first-order valence-electron chi connectivity index (χ1n) is 2.79. The van der Waals surface area contributed by atoms with Crippen molar-refractivity contribution in [3.63, 3.8) is 0 Å². The van der Waals surface area contributed by atoms with Gasteiger partial charge in [-0.1, -0.05) is 0 Å². The Labute approximate surface area is 80.7 Å². The van der Waals surface area contributed by atoms with Crippen LogP contribution in [0, 0.1) is 3.70 Å². The summed E-state index contributed by atoms with van der Waals surface area (Å²) in [4.78, 5) is 4.03. The van der Waals surface area contributed by atoms with Crippen molar-refractivity contribution in [1.29, 1.82) is 0 Å². The maximum Gasteiger partial charge on any atom is 0.229 e. The standard InChI is InChI=1S/C5H2ClIN4/c6-5-10-9-4-1-8-3(7)2-11(4)5/h1-2H. The minimum atomic E-state index is 0.361. The molecule has 0 spiro atoms. The summed E-state index contributed by atoms with van der Waals surface area (Å²) in [7, 11) is 0. The first kappa shape index (κ1) is 7.23. The average molecular weight is 280 g/mol. The molecule has 0 fully saturated rings. The largest absolute Gasteiger partial charge is 0.269 e. The molecule has 0 aliphatic heterocycles. The molecule has 0 aliphatic rings. The summed E-state index contributed by atoms with van der Waals surface area (Å²) in [6.45, 7) is 0. The monoisotopic (exact) mass is 280 g/mol. The van der Waals surface area contributed by atoms with E-state index in [0.29, 0.717) is 10.9 Å². The highest BCUT2D eigenvalue weighted by atomic mass is 127. The van der Waals surface area contributed by atoms with Gasteiger partial charge in [0, 0.05) is 6.20 Å². The maximum atomic E-state index is 5.70. The molecule has 0 bridgehead atoms. The molecule has 0 unspecified atom stereocenters. The van der Waals surface area contributed by atoms with Gasteiger partial charge < -0.3 is 0 Å². The van der Waals surface area contributed by atoms with E-state index in [4.69, 9.17) is 11.6 Å². The second kappa shape index (κ2) is 2.56. The van der Waals surface area contributed by atoms with E-state index < -0.39 is 0 Å². The Morgan fingerprint density at radius 1 is 1.45 bits per heavy atom. The first-order valence-corrected chi connectivity index (χ1v) is 4.25. The van der Waals surface area contributed by atoms with Gasteiger partial charge in [-0.25, -0.2) is 4.98 Å². The third-order valence-corrected chi connectivity index (χ3v) is 2.03. The fraction of sp³-hybridized carbons (Fsp3) is 0. The van der Waals surface area contributed by atoms with Crippen LogP contribution in [-0.2, 0) is 0 Å². The summed E-state index contributed by atoms with van der Waals surface area (Å²) in [5, 5.41) is 7.81. The number of aromatic nitrogens is 4. The van der Waals surface area contributed by atoms with Crippen LogP contribution in [0.3, 0.4) is 0 Å².